The molecule has 0 saturated carbocycles. The fourth-order valence-electron chi connectivity index (χ4n) is 14.5. The lowest BCUT2D eigenvalue weighted by Crippen LogP contribution is -2.26. The number of rotatable bonds is 5. The average molecular weight is 968 g/mol. The largest absolute Gasteiger partial charge is 0.310 e. The molecule has 0 unspecified atom stereocenters. The number of hydrogen-bond acceptors (Lipinski definition) is 1. The Morgan fingerprint density at radius 1 is 0.224 bits per heavy atom. The summed E-state index contributed by atoms with van der Waals surface area (Å²) < 4.78 is 0. The Hall–Kier alpha value is -9.04. The summed E-state index contributed by atoms with van der Waals surface area (Å²) in [5, 5.41) is 5.06. The van der Waals surface area contributed by atoms with Crippen LogP contribution >= 0.6 is 0 Å². The molecule has 0 heterocycles. The van der Waals surface area contributed by atoms with Gasteiger partial charge < -0.3 is 4.90 Å². The fourth-order valence-corrected chi connectivity index (χ4v) is 14.5. The van der Waals surface area contributed by atoms with Crippen LogP contribution in [0.1, 0.15) is 72.2 Å². The van der Waals surface area contributed by atoms with Crippen molar-refractivity contribution in [3.8, 4) is 66.8 Å². The molecule has 12 aromatic rings. The summed E-state index contributed by atoms with van der Waals surface area (Å²) in [5.41, 5.74) is 28.8. The van der Waals surface area contributed by atoms with Gasteiger partial charge in [0.05, 0.1) is 5.41 Å². The molecule has 4 aliphatic rings. The molecule has 4 aliphatic carbocycles. The molecular weight excluding hydrogens is 915 g/mol. The number of nitrogens with zero attached hydrogens (tertiary/aromatic N) is 1. The number of anilines is 3. The SMILES string of the molecule is CC1(C)c2cc(-c3ccc4ccccc4c3)ccc2-c2ccc(N(c3ccc4c(c3)C(C)(C)c3cc(-c5ccc6ccccc6c5)ccc3-4)c3ccc4c(c3)C3(c5ccccc5-c5ccccc53)c3ccccc3-4)cc21. The first kappa shape index (κ1) is 43.4. The maximum atomic E-state index is 2.56. The smallest absolute Gasteiger partial charge is 0.0726 e. The third-order valence-electron chi connectivity index (χ3n) is 18.2. The van der Waals surface area contributed by atoms with E-state index in [9.17, 15) is 0 Å². The molecule has 0 fully saturated rings. The van der Waals surface area contributed by atoms with Gasteiger partial charge in [0.15, 0.2) is 0 Å². The zero-order valence-electron chi connectivity index (χ0n) is 43.1. The van der Waals surface area contributed by atoms with Gasteiger partial charge in [-0.25, -0.2) is 0 Å². The minimum absolute atomic E-state index is 0.246. The van der Waals surface area contributed by atoms with Crippen LogP contribution in [0.15, 0.2) is 249 Å². The summed E-state index contributed by atoms with van der Waals surface area (Å²) in [6, 6.07) is 94.7. The highest BCUT2D eigenvalue weighted by Crippen LogP contribution is 2.64. The van der Waals surface area contributed by atoms with Gasteiger partial charge in [0.2, 0.25) is 0 Å². The molecule has 1 spiro atoms. The highest BCUT2D eigenvalue weighted by atomic mass is 15.1. The van der Waals surface area contributed by atoms with Crippen LogP contribution in [-0.4, -0.2) is 0 Å². The predicted octanol–water partition coefficient (Wildman–Crippen LogP) is 19.8. The van der Waals surface area contributed by atoms with E-state index >= 15 is 0 Å². The summed E-state index contributed by atoms with van der Waals surface area (Å²) in [6.07, 6.45) is 0. The van der Waals surface area contributed by atoms with Crippen molar-refractivity contribution < 1.29 is 0 Å². The average Bonchev–Trinajstić information content (AvgIpc) is 4.09. The van der Waals surface area contributed by atoms with Crippen LogP contribution in [0, 0.1) is 0 Å². The molecule has 0 radical (unpaired) electrons. The predicted molar refractivity (Wildman–Crippen MR) is 318 cm³/mol. The van der Waals surface area contributed by atoms with Crippen molar-refractivity contribution in [1.29, 1.82) is 0 Å². The van der Waals surface area contributed by atoms with E-state index in [0.29, 0.717) is 0 Å². The van der Waals surface area contributed by atoms with Crippen molar-refractivity contribution in [1.82, 2.24) is 0 Å². The van der Waals surface area contributed by atoms with Crippen LogP contribution in [0.5, 0.6) is 0 Å². The molecule has 12 aromatic carbocycles. The van der Waals surface area contributed by atoms with Crippen molar-refractivity contribution in [2.45, 2.75) is 43.9 Å². The van der Waals surface area contributed by atoms with Crippen LogP contribution in [-0.2, 0) is 16.2 Å². The summed E-state index contributed by atoms with van der Waals surface area (Å²) >= 11 is 0. The van der Waals surface area contributed by atoms with Gasteiger partial charge in [-0.05, 0) is 193 Å². The van der Waals surface area contributed by atoms with Crippen LogP contribution < -0.4 is 4.90 Å². The summed E-state index contributed by atoms with van der Waals surface area (Å²) in [5.74, 6) is 0. The van der Waals surface area contributed by atoms with Crippen LogP contribution in [0.3, 0.4) is 0 Å². The minimum atomic E-state index is -0.463. The lowest BCUT2D eigenvalue weighted by molar-refractivity contribution is 0.660. The Bertz CT molecular complexity index is 4230. The Kier molecular flexibility index (Phi) is 8.85. The zero-order valence-corrected chi connectivity index (χ0v) is 43.1. The molecule has 76 heavy (non-hydrogen) atoms. The van der Waals surface area contributed by atoms with Gasteiger partial charge in [0.1, 0.15) is 0 Å². The second-order valence-corrected chi connectivity index (χ2v) is 22.8. The summed E-state index contributed by atoms with van der Waals surface area (Å²) in [6.45, 7) is 9.68. The molecule has 1 heteroatoms. The zero-order chi connectivity index (χ0) is 50.7. The topological polar surface area (TPSA) is 3.24 Å². The van der Waals surface area contributed by atoms with Crippen LogP contribution in [0.2, 0.25) is 0 Å². The number of benzene rings is 12. The second-order valence-electron chi connectivity index (χ2n) is 22.8. The Balaban J connectivity index is 0.872. The number of fused-ring (bicyclic) bond motifs is 18. The van der Waals surface area contributed by atoms with E-state index in [1.54, 1.807) is 0 Å². The molecule has 0 atom stereocenters. The van der Waals surface area contributed by atoms with Crippen molar-refractivity contribution in [3.05, 3.63) is 293 Å². The Morgan fingerprint density at radius 2 is 0.513 bits per heavy atom. The maximum absolute atomic E-state index is 2.56. The molecule has 358 valence electrons. The third-order valence-corrected chi connectivity index (χ3v) is 18.2. The van der Waals surface area contributed by atoms with E-state index in [4.69, 9.17) is 0 Å². The van der Waals surface area contributed by atoms with Crippen LogP contribution in [0.25, 0.3) is 88.3 Å². The molecule has 0 saturated heterocycles. The van der Waals surface area contributed by atoms with E-state index in [1.807, 2.05) is 0 Å². The molecule has 0 aliphatic heterocycles. The quantitative estimate of drug-likeness (QED) is 0.166. The lowest BCUT2D eigenvalue weighted by Gasteiger charge is -2.33. The van der Waals surface area contributed by atoms with Crippen LogP contribution in [0.4, 0.5) is 17.1 Å². The molecular formula is C75H53N. The summed E-state index contributed by atoms with van der Waals surface area (Å²) in [7, 11) is 0. The van der Waals surface area contributed by atoms with Crippen molar-refractivity contribution in [3.63, 3.8) is 0 Å². The first-order chi connectivity index (χ1) is 37.2. The van der Waals surface area contributed by atoms with Gasteiger partial charge in [-0.2, -0.15) is 0 Å². The molecule has 0 amide bonds. The standard InChI is InChI=1S/C75H53N/c1-73(2)68-41-52(50-27-25-46-15-5-7-17-48(46)39-50)29-34-60(68)62-36-31-54(43-70(62)73)76(55-32-37-63-61-35-30-53(42-69(61)74(3,4)71(63)44-55)51-28-26-47-16-6-8-18-49(47)40-51)56-33-38-64-59-21-11-14-24-67(59)75(72(64)45-56)65-22-12-9-19-57(65)58-20-10-13-23-66(58)75/h5-45H,1-4H3. The molecule has 16 rings (SSSR count). The highest BCUT2D eigenvalue weighted by Gasteiger charge is 2.52. The molecule has 1 nitrogen and oxygen atoms in total. The minimum Gasteiger partial charge on any atom is -0.310 e. The lowest BCUT2D eigenvalue weighted by atomic mass is 9.70. The summed E-state index contributed by atoms with van der Waals surface area (Å²) in [4.78, 5) is 2.56. The van der Waals surface area contributed by atoms with Gasteiger partial charge in [0.25, 0.3) is 0 Å². The van der Waals surface area contributed by atoms with E-state index in [0.717, 1.165) is 17.1 Å². The van der Waals surface area contributed by atoms with Crippen molar-refractivity contribution in [2.75, 3.05) is 4.90 Å². The van der Waals surface area contributed by atoms with Gasteiger partial charge >= 0.3 is 0 Å². The maximum Gasteiger partial charge on any atom is 0.0726 e. The van der Waals surface area contributed by atoms with E-state index < -0.39 is 5.41 Å². The monoisotopic (exact) mass is 967 g/mol. The van der Waals surface area contributed by atoms with Gasteiger partial charge in [0, 0.05) is 27.9 Å². The normalized spacial score (nSPS) is 14.9. The Morgan fingerprint density at radius 3 is 0.934 bits per heavy atom. The molecule has 0 aromatic heterocycles. The fraction of sp³-hybridized carbons (Fsp3) is 0.0933. The van der Waals surface area contributed by atoms with Gasteiger partial charge in [-0.1, -0.05) is 216 Å². The Labute approximate surface area is 445 Å². The van der Waals surface area contributed by atoms with E-state index in [2.05, 4.69) is 281 Å². The third kappa shape index (κ3) is 5.86. The van der Waals surface area contributed by atoms with E-state index in [1.165, 1.54) is 133 Å². The highest BCUT2D eigenvalue weighted by molar-refractivity contribution is 5.98. The van der Waals surface area contributed by atoms with Gasteiger partial charge in [-0.15, -0.1) is 0 Å². The van der Waals surface area contributed by atoms with Crippen molar-refractivity contribution >= 4 is 38.6 Å². The molecule has 0 N–H and O–H groups in total. The molecule has 0 bridgehead atoms. The number of hydrogen-bond donors (Lipinski definition) is 0. The second kappa shape index (κ2) is 15.5. The van der Waals surface area contributed by atoms with Gasteiger partial charge in [-0.3, -0.25) is 0 Å². The first-order valence-electron chi connectivity index (χ1n) is 27.0. The first-order valence-corrected chi connectivity index (χ1v) is 27.0. The van der Waals surface area contributed by atoms with Crippen molar-refractivity contribution in [2.24, 2.45) is 0 Å². The van der Waals surface area contributed by atoms with E-state index in [-0.39, 0.29) is 10.8 Å².